The second-order valence-corrected chi connectivity index (χ2v) is 16.5. The van der Waals surface area contributed by atoms with E-state index in [1.165, 1.54) is 70.4 Å². The van der Waals surface area contributed by atoms with E-state index in [4.69, 9.17) is 14.4 Å². The van der Waals surface area contributed by atoms with Gasteiger partial charge in [-0.2, -0.15) is 4.98 Å². The highest BCUT2D eigenvalue weighted by molar-refractivity contribution is 6.37. The van der Waals surface area contributed by atoms with Gasteiger partial charge in [-0.05, 0) is 53.9 Å². The van der Waals surface area contributed by atoms with Gasteiger partial charge in [0.15, 0.2) is 11.6 Å². The second-order valence-electron chi connectivity index (χ2n) is 16.5. The first-order chi connectivity index (χ1) is 30.8. The van der Waals surface area contributed by atoms with Crippen molar-refractivity contribution in [1.29, 1.82) is 0 Å². The van der Waals surface area contributed by atoms with Crippen LogP contribution in [0.4, 0.5) is 0 Å². The topological polar surface area (TPSA) is 53.2 Å². The summed E-state index contributed by atoms with van der Waals surface area (Å²) in [5.41, 5.74) is 11.5. The predicted octanol–water partition coefficient (Wildman–Crippen LogP) is 14.5. The van der Waals surface area contributed by atoms with E-state index in [-0.39, 0.29) is 0 Å². The molecule has 0 spiro atoms. The average Bonchev–Trinajstić information content (AvgIpc) is 4.13. The van der Waals surface area contributed by atoms with Gasteiger partial charge in [0.2, 0.25) is 5.71 Å². The van der Waals surface area contributed by atoms with Crippen molar-refractivity contribution in [3.8, 4) is 22.9 Å². The molecule has 0 fully saturated rings. The number of aromatic nitrogens is 5. The minimum Gasteiger partial charge on any atom is -0.437 e. The third-order valence-electron chi connectivity index (χ3n) is 13.4. The van der Waals surface area contributed by atoms with Crippen molar-refractivity contribution in [3.63, 3.8) is 0 Å². The van der Waals surface area contributed by atoms with Crippen LogP contribution in [-0.2, 0) is 0 Å². The van der Waals surface area contributed by atoms with E-state index in [0.29, 0.717) is 11.5 Å². The van der Waals surface area contributed by atoms with E-state index in [2.05, 4.69) is 189 Å². The largest absolute Gasteiger partial charge is 0.437 e. The standard InChI is InChI=1S/C56H31N5O/c1-2-15-34(16-3-1)59-43-22-10-6-18-36(43)38-28-27-33(30-46(38)59)54-57-55(51-40-21-9-13-25-48(40)62-56(51)58-54)60-45-24-12-8-20-39(45)49-47(60)31-42-37-19-7-11-23-44(37)61-52-35-17-5-4-14-32(35)26-29-41(52)50(49)53(42)61/h1-31H. The van der Waals surface area contributed by atoms with Crippen molar-refractivity contribution >= 4 is 115 Å². The summed E-state index contributed by atoms with van der Waals surface area (Å²) >= 11 is 0. The van der Waals surface area contributed by atoms with Gasteiger partial charge in [-0.3, -0.25) is 4.57 Å². The molecule has 9 aromatic carbocycles. The van der Waals surface area contributed by atoms with Gasteiger partial charge >= 0.3 is 0 Å². The molecule has 0 saturated heterocycles. The fourth-order valence-corrected chi connectivity index (χ4v) is 10.9. The zero-order chi connectivity index (χ0) is 40.2. The number of hydrogen-bond donors (Lipinski definition) is 0. The molecule has 6 heterocycles. The Morgan fingerprint density at radius 3 is 1.85 bits per heavy atom. The molecule has 0 bridgehead atoms. The van der Waals surface area contributed by atoms with Crippen molar-refractivity contribution in [2.45, 2.75) is 0 Å². The zero-order valence-corrected chi connectivity index (χ0v) is 33.0. The van der Waals surface area contributed by atoms with Gasteiger partial charge in [0.25, 0.3) is 0 Å². The van der Waals surface area contributed by atoms with E-state index in [1.807, 2.05) is 12.1 Å². The highest BCUT2D eigenvalue weighted by Crippen LogP contribution is 2.49. The van der Waals surface area contributed by atoms with Crippen LogP contribution in [0.25, 0.3) is 137 Å². The van der Waals surface area contributed by atoms with Crippen molar-refractivity contribution in [2.24, 2.45) is 0 Å². The monoisotopic (exact) mass is 789 g/mol. The predicted molar refractivity (Wildman–Crippen MR) is 256 cm³/mol. The Hall–Kier alpha value is -8.48. The number of hydrogen-bond acceptors (Lipinski definition) is 3. The van der Waals surface area contributed by atoms with Crippen molar-refractivity contribution in [2.75, 3.05) is 0 Å². The summed E-state index contributed by atoms with van der Waals surface area (Å²) in [4.78, 5) is 10.9. The minimum absolute atomic E-state index is 0.555. The van der Waals surface area contributed by atoms with Gasteiger partial charge in [-0.15, -0.1) is 0 Å². The molecule has 15 aromatic rings. The SMILES string of the molecule is c1ccc(-n2c3ccccc3c3ccc(-c4nc(-n5c6ccccc6c6c7c8ccc9ccccc9c8n8c9ccccc9c(cc65)c78)c5c(n4)oc4ccccc45)cc32)cc1. The van der Waals surface area contributed by atoms with Crippen LogP contribution in [0.2, 0.25) is 0 Å². The lowest BCUT2D eigenvalue weighted by atomic mass is 10.00. The lowest BCUT2D eigenvalue weighted by Crippen LogP contribution is -2.02. The fourth-order valence-electron chi connectivity index (χ4n) is 10.9. The summed E-state index contributed by atoms with van der Waals surface area (Å²) in [5.74, 6) is 1.39. The van der Waals surface area contributed by atoms with Crippen molar-refractivity contribution < 1.29 is 4.42 Å². The lowest BCUT2D eigenvalue weighted by Gasteiger charge is -2.12. The number of furan rings is 1. The maximum Gasteiger partial charge on any atom is 0.233 e. The molecule has 62 heavy (non-hydrogen) atoms. The van der Waals surface area contributed by atoms with E-state index >= 15 is 0 Å². The lowest BCUT2D eigenvalue weighted by molar-refractivity contribution is 0.653. The molecule has 0 aliphatic carbocycles. The molecule has 0 N–H and O–H groups in total. The quantitative estimate of drug-likeness (QED) is 0.179. The molecule has 0 unspecified atom stereocenters. The number of fused-ring (bicyclic) bond motifs is 18. The van der Waals surface area contributed by atoms with Crippen molar-refractivity contribution in [3.05, 3.63) is 188 Å². The van der Waals surface area contributed by atoms with Gasteiger partial charge in [-0.1, -0.05) is 140 Å². The first kappa shape index (κ1) is 32.4. The van der Waals surface area contributed by atoms with E-state index in [1.54, 1.807) is 0 Å². The Labute approximate surface area is 352 Å². The Bertz CT molecular complexity index is 4390. The first-order valence-corrected chi connectivity index (χ1v) is 21.1. The van der Waals surface area contributed by atoms with Crippen LogP contribution in [0.3, 0.4) is 0 Å². The molecule has 6 heteroatoms. The molecule has 6 nitrogen and oxygen atoms in total. The molecule has 0 amide bonds. The van der Waals surface area contributed by atoms with Crippen LogP contribution in [0.1, 0.15) is 0 Å². The fraction of sp³-hybridized carbons (Fsp3) is 0. The average molecular weight is 790 g/mol. The van der Waals surface area contributed by atoms with E-state index in [9.17, 15) is 0 Å². The molecule has 0 aliphatic heterocycles. The minimum atomic E-state index is 0.555. The Morgan fingerprint density at radius 2 is 1.02 bits per heavy atom. The maximum atomic E-state index is 6.69. The van der Waals surface area contributed by atoms with Gasteiger partial charge in [-0.25, -0.2) is 4.98 Å². The Balaban J connectivity index is 1.10. The second kappa shape index (κ2) is 11.6. The number of benzene rings is 9. The molecular weight excluding hydrogens is 759 g/mol. The number of rotatable bonds is 3. The molecule has 286 valence electrons. The maximum absolute atomic E-state index is 6.69. The van der Waals surface area contributed by atoms with Crippen LogP contribution in [-0.4, -0.2) is 23.5 Å². The molecular formula is C56H31N5O. The summed E-state index contributed by atoms with van der Waals surface area (Å²) in [5, 5.41) is 14.0. The van der Waals surface area contributed by atoms with Gasteiger partial charge in [0.05, 0.1) is 44.0 Å². The Kier molecular flexibility index (Phi) is 6.07. The van der Waals surface area contributed by atoms with Crippen LogP contribution in [0, 0.1) is 0 Å². The normalized spacial score (nSPS) is 12.5. The molecule has 15 rings (SSSR count). The third kappa shape index (κ3) is 4.04. The summed E-state index contributed by atoms with van der Waals surface area (Å²) in [6.45, 7) is 0. The molecule has 0 saturated carbocycles. The molecule has 0 radical (unpaired) electrons. The summed E-state index contributed by atoms with van der Waals surface area (Å²) in [7, 11) is 0. The number of nitrogens with zero attached hydrogens (tertiary/aromatic N) is 5. The Morgan fingerprint density at radius 1 is 0.371 bits per heavy atom. The molecule has 0 atom stereocenters. The summed E-state index contributed by atoms with van der Waals surface area (Å²) < 4.78 is 13.9. The van der Waals surface area contributed by atoms with Gasteiger partial charge in [0, 0.05) is 65.1 Å². The molecule has 6 aromatic heterocycles. The van der Waals surface area contributed by atoms with Crippen LogP contribution >= 0.6 is 0 Å². The van der Waals surface area contributed by atoms with E-state index < -0.39 is 0 Å². The van der Waals surface area contributed by atoms with Crippen molar-refractivity contribution in [1.82, 2.24) is 23.5 Å². The smallest absolute Gasteiger partial charge is 0.233 e. The highest BCUT2D eigenvalue weighted by Gasteiger charge is 2.27. The highest BCUT2D eigenvalue weighted by atomic mass is 16.3. The van der Waals surface area contributed by atoms with Gasteiger partial charge < -0.3 is 13.4 Å². The van der Waals surface area contributed by atoms with E-state index in [0.717, 1.165) is 55.5 Å². The zero-order valence-electron chi connectivity index (χ0n) is 33.0. The molecule has 0 aliphatic rings. The summed E-state index contributed by atoms with van der Waals surface area (Å²) in [6.07, 6.45) is 0. The van der Waals surface area contributed by atoms with Crippen LogP contribution < -0.4 is 0 Å². The third-order valence-corrected chi connectivity index (χ3v) is 13.4. The first-order valence-electron chi connectivity index (χ1n) is 21.1. The number of para-hydroxylation sites is 5. The summed E-state index contributed by atoms with van der Waals surface area (Å²) in [6, 6.07) is 67.4. The van der Waals surface area contributed by atoms with Crippen LogP contribution in [0.5, 0.6) is 0 Å². The van der Waals surface area contributed by atoms with Gasteiger partial charge in [0.1, 0.15) is 5.58 Å². The van der Waals surface area contributed by atoms with Crippen LogP contribution in [0.15, 0.2) is 192 Å².